The van der Waals surface area contributed by atoms with Crippen LogP contribution in [0, 0.1) is 0 Å². The Kier molecular flexibility index (Phi) is 5.70. The molecule has 0 aliphatic heterocycles. The third kappa shape index (κ3) is 4.16. The van der Waals surface area contributed by atoms with Gasteiger partial charge < -0.3 is 9.84 Å². The van der Waals surface area contributed by atoms with Gasteiger partial charge in [-0.2, -0.15) is 17.0 Å². The Bertz CT molecular complexity index is 602. The van der Waals surface area contributed by atoms with Crippen LogP contribution >= 0.6 is 0 Å². The average molecular weight is 316 g/mol. The maximum absolute atomic E-state index is 12.3. The lowest BCUT2D eigenvalue weighted by molar-refractivity contribution is -0.140. The molecule has 7 nitrogen and oxygen atoms in total. The van der Waals surface area contributed by atoms with Crippen LogP contribution in [0.5, 0.6) is 5.75 Å². The molecule has 0 fully saturated rings. The van der Waals surface area contributed by atoms with Crippen LogP contribution in [-0.4, -0.2) is 55.4 Å². The van der Waals surface area contributed by atoms with Gasteiger partial charge in [0.1, 0.15) is 11.8 Å². The zero-order valence-electron chi connectivity index (χ0n) is 12.5. The number of aliphatic carboxylic acids is 1. The molecule has 0 saturated carbocycles. The first-order chi connectivity index (χ1) is 9.70. The molecule has 1 aromatic carbocycles. The van der Waals surface area contributed by atoms with Crippen LogP contribution in [0.2, 0.25) is 0 Å². The number of ether oxygens (including phenoxy) is 1. The van der Waals surface area contributed by atoms with Gasteiger partial charge in [-0.1, -0.05) is 12.1 Å². The SMILES string of the molecule is COc1cccc(CN(C)S(=O)(=O)N(C)C(C)C(=O)O)c1. The van der Waals surface area contributed by atoms with Gasteiger partial charge in [0.15, 0.2) is 0 Å². The number of benzene rings is 1. The van der Waals surface area contributed by atoms with E-state index in [2.05, 4.69) is 0 Å². The molecule has 0 aromatic heterocycles. The maximum Gasteiger partial charge on any atom is 0.321 e. The van der Waals surface area contributed by atoms with Crippen molar-refractivity contribution in [1.82, 2.24) is 8.61 Å². The summed E-state index contributed by atoms with van der Waals surface area (Å²) in [5, 5.41) is 8.91. The summed E-state index contributed by atoms with van der Waals surface area (Å²) in [5.74, 6) is -0.568. The normalized spacial score (nSPS) is 13.4. The van der Waals surface area contributed by atoms with Crippen LogP contribution in [-0.2, 0) is 21.5 Å². The number of carboxylic acid groups (broad SMARTS) is 1. The molecule has 0 aliphatic rings. The van der Waals surface area contributed by atoms with E-state index in [0.29, 0.717) is 5.75 Å². The third-order valence-corrected chi connectivity index (χ3v) is 5.16. The molecule has 21 heavy (non-hydrogen) atoms. The highest BCUT2D eigenvalue weighted by molar-refractivity contribution is 7.86. The van der Waals surface area contributed by atoms with Crippen LogP contribution in [0.1, 0.15) is 12.5 Å². The lowest BCUT2D eigenvalue weighted by Crippen LogP contribution is -2.46. The van der Waals surface area contributed by atoms with Gasteiger partial charge in [-0.25, -0.2) is 0 Å². The summed E-state index contributed by atoms with van der Waals surface area (Å²) in [5.41, 5.74) is 0.747. The van der Waals surface area contributed by atoms with Crippen molar-refractivity contribution in [3.63, 3.8) is 0 Å². The van der Waals surface area contributed by atoms with Crippen molar-refractivity contribution in [1.29, 1.82) is 0 Å². The first kappa shape index (κ1) is 17.4. The number of hydrogen-bond donors (Lipinski definition) is 1. The average Bonchev–Trinajstić information content (AvgIpc) is 2.45. The van der Waals surface area contributed by atoms with E-state index in [1.807, 2.05) is 0 Å². The molecule has 0 aliphatic carbocycles. The number of nitrogens with zero attached hydrogens (tertiary/aromatic N) is 2. The number of carbonyl (C=O) groups is 1. The van der Waals surface area contributed by atoms with Crippen molar-refractivity contribution in [2.24, 2.45) is 0 Å². The smallest absolute Gasteiger partial charge is 0.321 e. The monoisotopic (exact) mass is 316 g/mol. The molecule has 0 heterocycles. The number of methoxy groups -OCH3 is 1. The van der Waals surface area contributed by atoms with Crippen molar-refractivity contribution >= 4 is 16.2 Å². The fourth-order valence-corrected chi connectivity index (χ4v) is 2.93. The van der Waals surface area contributed by atoms with Crippen LogP contribution in [0.3, 0.4) is 0 Å². The predicted octanol–water partition coefficient (Wildman–Crippen LogP) is 0.777. The van der Waals surface area contributed by atoms with Gasteiger partial charge in [0, 0.05) is 20.6 Å². The summed E-state index contributed by atoms with van der Waals surface area (Å²) in [7, 11) is 0.323. The molecule has 1 N–H and O–H groups in total. The Hall–Kier alpha value is -1.64. The molecular formula is C13H20N2O5S. The largest absolute Gasteiger partial charge is 0.497 e. The fraction of sp³-hybridized carbons (Fsp3) is 0.462. The zero-order chi connectivity index (χ0) is 16.2. The molecule has 1 rings (SSSR count). The number of hydrogen-bond acceptors (Lipinski definition) is 4. The van der Waals surface area contributed by atoms with E-state index < -0.39 is 22.2 Å². The molecule has 1 aromatic rings. The molecule has 0 spiro atoms. The minimum atomic E-state index is -3.86. The van der Waals surface area contributed by atoms with Crippen molar-refractivity contribution in [3.8, 4) is 5.75 Å². The van der Waals surface area contributed by atoms with Gasteiger partial charge >= 0.3 is 5.97 Å². The third-order valence-electron chi connectivity index (χ3n) is 3.20. The molecule has 1 unspecified atom stereocenters. The summed E-state index contributed by atoms with van der Waals surface area (Å²) < 4.78 is 31.6. The molecule has 1 atom stereocenters. The maximum atomic E-state index is 12.3. The molecule has 0 bridgehead atoms. The molecule has 0 saturated heterocycles. The molecular weight excluding hydrogens is 296 g/mol. The number of rotatable bonds is 7. The number of likely N-dealkylation sites (N-methyl/N-ethyl adjacent to an activating group) is 1. The number of carboxylic acids is 1. The Morgan fingerprint density at radius 2 is 2.00 bits per heavy atom. The summed E-state index contributed by atoms with van der Waals surface area (Å²) >= 11 is 0. The van der Waals surface area contributed by atoms with Crippen LogP contribution < -0.4 is 4.74 Å². The second kappa shape index (κ2) is 6.88. The predicted molar refractivity (Wildman–Crippen MR) is 78.2 cm³/mol. The van der Waals surface area contributed by atoms with Gasteiger partial charge in [-0.15, -0.1) is 0 Å². The first-order valence-corrected chi connectivity index (χ1v) is 7.65. The van der Waals surface area contributed by atoms with Gasteiger partial charge in [0.05, 0.1) is 7.11 Å². The van der Waals surface area contributed by atoms with Crippen LogP contribution in [0.4, 0.5) is 0 Å². The summed E-state index contributed by atoms with van der Waals surface area (Å²) in [4.78, 5) is 10.9. The lowest BCUT2D eigenvalue weighted by Gasteiger charge is -2.26. The quantitative estimate of drug-likeness (QED) is 0.803. The first-order valence-electron chi connectivity index (χ1n) is 6.25. The fourth-order valence-electron chi connectivity index (χ4n) is 1.68. The minimum Gasteiger partial charge on any atom is -0.497 e. The van der Waals surface area contributed by atoms with E-state index in [9.17, 15) is 13.2 Å². The van der Waals surface area contributed by atoms with Crippen molar-refractivity contribution in [2.75, 3.05) is 21.2 Å². The van der Waals surface area contributed by atoms with E-state index in [1.54, 1.807) is 24.3 Å². The van der Waals surface area contributed by atoms with Crippen LogP contribution in [0.25, 0.3) is 0 Å². The highest BCUT2D eigenvalue weighted by atomic mass is 32.2. The molecule has 0 radical (unpaired) electrons. The van der Waals surface area contributed by atoms with Gasteiger partial charge in [-0.3, -0.25) is 4.79 Å². The van der Waals surface area contributed by atoms with Gasteiger partial charge in [-0.05, 0) is 24.6 Å². The van der Waals surface area contributed by atoms with E-state index in [-0.39, 0.29) is 6.54 Å². The highest BCUT2D eigenvalue weighted by Crippen LogP contribution is 2.17. The van der Waals surface area contributed by atoms with Crippen molar-refractivity contribution in [2.45, 2.75) is 19.5 Å². The standard InChI is InChI=1S/C13H20N2O5S/c1-10(13(16)17)15(3)21(18,19)14(2)9-11-6-5-7-12(8-11)20-4/h5-8,10H,9H2,1-4H3,(H,16,17). The minimum absolute atomic E-state index is 0.121. The topological polar surface area (TPSA) is 87.2 Å². The van der Waals surface area contributed by atoms with E-state index in [4.69, 9.17) is 9.84 Å². The Labute approximate surface area is 124 Å². The van der Waals surface area contributed by atoms with E-state index >= 15 is 0 Å². The van der Waals surface area contributed by atoms with E-state index in [0.717, 1.165) is 14.2 Å². The van der Waals surface area contributed by atoms with E-state index in [1.165, 1.54) is 28.1 Å². The molecule has 118 valence electrons. The van der Waals surface area contributed by atoms with Crippen molar-refractivity contribution in [3.05, 3.63) is 29.8 Å². The second-order valence-corrected chi connectivity index (χ2v) is 6.74. The van der Waals surface area contributed by atoms with Crippen LogP contribution in [0.15, 0.2) is 24.3 Å². The molecule has 0 amide bonds. The van der Waals surface area contributed by atoms with Crippen molar-refractivity contribution < 1.29 is 23.1 Å². The Morgan fingerprint density at radius 3 is 2.52 bits per heavy atom. The summed E-state index contributed by atoms with van der Waals surface area (Å²) in [6.07, 6.45) is 0. The summed E-state index contributed by atoms with van der Waals surface area (Å²) in [6, 6.07) is 5.89. The lowest BCUT2D eigenvalue weighted by atomic mass is 10.2. The highest BCUT2D eigenvalue weighted by Gasteiger charge is 2.31. The second-order valence-electron chi connectivity index (χ2n) is 4.65. The Balaban J connectivity index is 2.91. The molecule has 8 heteroatoms. The van der Waals surface area contributed by atoms with Gasteiger partial charge in [0.25, 0.3) is 10.2 Å². The Morgan fingerprint density at radius 1 is 1.38 bits per heavy atom. The summed E-state index contributed by atoms with van der Waals surface area (Å²) in [6.45, 7) is 1.44. The van der Waals surface area contributed by atoms with Gasteiger partial charge in [0.2, 0.25) is 0 Å². The zero-order valence-corrected chi connectivity index (χ0v) is 13.3.